The number of nitrogens with one attached hydrogen (secondary N) is 4. The highest BCUT2D eigenvalue weighted by atomic mass is 32.2. The highest BCUT2D eigenvalue weighted by Crippen LogP contribution is 2.41. The molecule has 6 aromatic rings. The predicted molar refractivity (Wildman–Crippen MR) is 311 cm³/mol. The molecule has 75 heavy (non-hydrogen) atoms. The number of piperazine rings is 1. The van der Waals surface area contributed by atoms with E-state index in [0.29, 0.717) is 40.7 Å². The molecule has 0 amide bonds. The third-order valence-electron chi connectivity index (χ3n) is 17.6. The van der Waals surface area contributed by atoms with Gasteiger partial charge in [-0.05, 0) is 125 Å². The van der Waals surface area contributed by atoms with Gasteiger partial charge in [0.2, 0.25) is 5.95 Å². The molecule has 5 fully saturated rings. The smallest absolute Gasteiger partial charge is 0.231 e. The highest BCUT2D eigenvalue weighted by molar-refractivity contribution is 8.00. The number of fused-ring (bicyclic) bond motifs is 3. The fraction of sp³-hybridized carbons (Fsp3) is 0.433. The number of benzene rings is 3. The van der Waals surface area contributed by atoms with Crippen molar-refractivity contribution in [3.05, 3.63) is 126 Å². The summed E-state index contributed by atoms with van der Waals surface area (Å²) in [6.45, 7) is 34.7. The van der Waals surface area contributed by atoms with Crippen LogP contribution < -0.4 is 40.8 Å². The average Bonchev–Trinajstić information content (AvgIpc) is 4.17. The second kappa shape index (κ2) is 21.0. The van der Waals surface area contributed by atoms with E-state index in [1.54, 1.807) is 18.0 Å². The molecule has 3 aromatic carbocycles. The minimum atomic E-state index is -0.236. The topological polar surface area (TPSA) is 102 Å². The van der Waals surface area contributed by atoms with Crippen molar-refractivity contribution in [2.24, 2.45) is 11.8 Å². The normalized spacial score (nSPS) is 20.9. The molecule has 3 aromatic heterocycles. The molecule has 0 radical (unpaired) electrons. The maximum Gasteiger partial charge on any atom is 0.231 e. The van der Waals surface area contributed by atoms with Gasteiger partial charge in [-0.1, -0.05) is 63.0 Å². The molecule has 0 aliphatic carbocycles. The van der Waals surface area contributed by atoms with Crippen LogP contribution in [0.15, 0.2) is 104 Å². The van der Waals surface area contributed by atoms with E-state index in [2.05, 4.69) is 123 Å². The molecular weight excluding hydrogens is 954 g/mol. The van der Waals surface area contributed by atoms with Gasteiger partial charge in [0.1, 0.15) is 17.3 Å². The first-order valence-electron chi connectivity index (χ1n) is 27.5. The Morgan fingerprint density at radius 1 is 0.747 bits per heavy atom. The molecular formula is C60H74FN13S. The van der Waals surface area contributed by atoms with Crippen LogP contribution in [0.3, 0.4) is 0 Å². The second-order valence-corrected chi connectivity index (χ2v) is 22.7. The summed E-state index contributed by atoms with van der Waals surface area (Å²) in [5.41, 5.74) is 10.1. The lowest BCUT2D eigenvalue weighted by molar-refractivity contribution is 0.0875. The van der Waals surface area contributed by atoms with Crippen molar-refractivity contribution >= 4 is 87.1 Å². The molecule has 6 aliphatic rings. The van der Waals surface area contributed by atoms with Gasteiger partial charge < -0.3 is 49.4 Å². The van der Waals surface area contributed by atoms with E-state index in [1.165, 1.54) is 65.6 Å². The summed E-state index contributed by atoms with van der Waals surface area (Å²) in [6, 6.07) is 21.3. The molecule has 15 heteroatoms. The van der Waals surface area contributed by atoms with Crippen molar-refractivity contribution in [1.82, 2.24) is 39.5 Å². The van der Waals surface area contributed by atoms with Crippen molar-refractivity contribution < 1.29 is 4.39 Å². The molecule has 6 aliphatic heterocycles. The minimum absolute atomic E-state index is 0.141. The number of H-pyrrole nitrogens is 1. The standard InChI is InChI=1S/C60H74FN13S/c1-39-10-14-55(40(2)63-39)74-42(4)50-13-12-49(37-52(50)43(74)5)70-27-17-44(18-28-70)38-68-25-19-45(20-26-68)41(3)69-32-34-71(35-33-69)48-22-29-72(30-23-48)56-15-11-47(36-53(56)61)64-60-66-58-51(16-24-62-58)59(67-60)65-54-9-7-8-46-21-31-73(75-6)57(46)54/h7-9,11-13,15-16,24,36-37,44-45,48,55,63H,1-5,10,14,17-23,25-35,38H2,6H3,(H3,62,64,65,66,67). The van der Waals surface area contributed by atoms with Crippen molar-refractivity contribution in [3.8, 4) is 0 Å². The molecule has 1 atom stereocenters. The predicted octanol–water partition coefficient (Wildman–Crippen LogP) is 9.68. The van der Waals surface area contributed by atoms with E-state index in [-0.39, 0.29) is 11.9 Å². The van der Waals surface area contributed by atoms with Gasteiger partial charge in [0, 0.05) is 140 Å². The maximum absolute atomic E-state index is 15.9. The molecule has 13 nitrogen and oxygen atoms in total. The Kier molecular flexibility index (Phi) is 13.8. The molecule has 392 valence electrons. The van der Waals surface area contributed by atoms with E-state index in [1.807, 2.05) is 24.4 Å². The Morgan fingerprint density at radius 2 is 1.52 bits per heavy atom. The number of anilines is 7. The molecule has 12 rings (SSSR count). The largest absolute Gasteiger partial charge is 0.372 e. The van der Waals surface area contributed by atoms with E-state index in [0.717, 1.165) is 143 Å². The Bertz CT molecular complexity index is 3220. The van der Waals surface area contributed by atoms with Crippen LogP contribution in [0.5, 0.6) is 0 Å². The summed E-state index contributed by atoms with van der Waals surface area (Å²) in [7, 11) is 0. The summed E-state index contributed by atoms with van der Waals surface area (Å²) in [5, 5.41) is 15.6. The van der Waals surface area contributed by atoms with Crippen LogP contribution in [0, 0.1) is 17.7 Å². The van der Waals surface area contributed by atoms with Crippen molar-refractivity contribution in [2.75, 3.05) is 110 Å². The number of hydrogen-bond donors (Lipinski definition) is 4. The zero-order valence-corrected chi connectivity index (χ0v) is 44.7. The Morgan fingerprint density at radius 3 is 2.28 bits per heavy atom. The zero-order valence-electron chi connectivity index (χ0n) is 43.9. The first-order chi connectivity index (χ1) is 36.5. The summed E-state index contributed by atoms with van der Waals surface area (Å²) in [4.78, 5) is 25.6. The summed E-state index contributed by atoms with van der Waals surface area (Å²) in [6.07, 6.45) is 13.8. The monoisotopic (exact) mass is 1030 g/mol. The number of aromatic amines is 1. The number of rotatable bonds is 13. The number of para-hydroxylation sites is 1. The first kappa shape index (κ1) is 49.5. The van der Waals surface area contributed by atoms with Gasteiger partial charge in [-0.15, -0.1) is 0 Å². The molecule has 1 unspecified atom stereocenters. The zero-order chi connectivity index (χ0) is 51.3. The number of hydrogen-bond acceptors (Lipinski definition) is 12. The lowest BCUT2D eigenvalue weighted by Gasteiger charge is -2.46. The van der Waals surface area contributed by atoms with Gasteiger partial charge >= 0.3 is 0 Å². The molecule has 0 bridgehead atoms. The van der Waals surface area contributed by atoms with Crippen LogP contribution in [0.4, 0.5) is 44.6 Å². The fourth-order valence-corrected chi connectivity index (χ4v) is 14.0. The van der Waals surface area contributed by atoms with E-state index in [4.69, 9.17) is 16.5 Å². The van der Waals surface area contributed by atoms with E-state index < -0.39 is 0 Å². The quantitative estimate of drug-likeness (QED) is 0.0830. The number of likely N-dealkylation sites (tertiary alicyclic amines) is 1. The van der Waals surface area contributed by atoms with E-state index in [9.17, 15) is 0 Å². The van der Waals surface area contributed by atoms with Crippen molar-refractivity contribution in [3.63, 3.8) is 0 Å². The van der Waals surface area contributed by atoms with Gasteiger partial charge in [0.25, 0.3) is 0 Å². The van der Waals surface area contributed by atoms with Gasteiger partial charge in [-0.25, -0.2) is 4.39 Å². The third-order valence-corrected chi connectivity index (χ3v) is 18.4. The van der Waals surface area contributed by atoms with Gasteiger partial charge in [0.05, 0.1) is 28.5 Å². The van der Waals surface area contributed by atoms with Crippen LogP contribution in [0.1, 0.15) is 63.0 Å². The molecule has 9 heterocycles. The highest BCUT2D eigenvalue weighted by Gasteiger charge is 2.33. The second-order valence-electron chi connectivity index (χ2n) is 21.9. The SMILES string of the molecule is C=C1CCC(n2c(=C)c3ccc(N4CCC(CN5CCC(C(=C)N6CCN(C7CCN(c8ccc(Nc9nc(Nc%10cccc%11c%10N(SC)CC%11)c%10cc[nH]c%10n9)cc8F)CC7)CC6)CC5)CC4)cc3c2=C)C(=C)N1. The number of piperidine rings is 4. The van der Waals surface area contributed by atoms with Crippen LogP contribution >= 0.6 is 11.9 Å². The maximum atomic E-state index is 15.9. The Hall–Kier alpha value is -6.42. The average molecular weight is 1030 g/mol. The number of halogens is 1. The number of nitrogens with zero attached hydrogens (tertiary/aromatic N) is 9. The molecule has 0 spiro atoms. The summed E-state index contributed by atoms with van der Waals surface area (Å²) in [5.74, 6) is 2.16. The number of allylic oxidation sites excluding steroid dienone is 3. The lowest BCUT2D eigenvalue weighted by Crippen LogP contribution is -2.53. The van der Waals surface area contributed by atoms with Gasteiger partial charge in [-0.3, -0.25) is 4.90 Å². The number of aromatic nitrogens is 4. The van der Waals surface area contributed by atoms with E-state index >= 15 is 4.39 Å². The Labute approximate surface area is 446 Å². The molecule has 5 saturated heterocycles. The molecule has 0 saturated carbocycles. The lowest BCUT2D eigenvalue weighted by atomic mass is 9.90. The van der Waals surface area contributed by atoms with Crippen LogP contribution in [0.25, 0.3) is 35.0 Å². The van der Waals surface area contributed by atoms with Crippen LogP contribution in [-0.2, 0) is 6.42 Å². The van der Waals surface area contributed by atoms with Gasteiger partial charge in [0.15, 0.2) is 0 Å². The Balaban J connectivity index is 0.576. The third kappa shape index (κ3) is 9.87. The van der Waals surface area contributed by atoms with Crippen molar-refractivity contribution in [1.29, 1.82) is 0 Å². The summed E-state index contributed by atoms with van der Waals surface area (Å²) < 4.78 is 20.5. The first-order valence-corrected chi connectivity index (χ1v) is 28.7. The minimum Gasteiger partial charge on any atom is -0.372 e. The molecule has 4 N–H and O–H groups in total. The van der Waals surface area contributed by atoms with Crippen LogP contribution in [0.2, 0.25) is 0 Å². The fourth-order valence-electron chi connectivity index (χ4n) is 13.3. The summed E-state index contributed by atoms with van der Waals surface area (Å²) >= 11 is 1.73. The van der Waals surface area contributed by atoms with Crippen molar-refractivity contribution in [2.45, 2.75) is 69.9 Å². The van der Waals surface area contributed by atoms with Gasteiger partial charge in [-0.2, -0.15) is 9.97 Å². The van der Waals surface area contributed by atoms with Crippen LogP contribution in [-0.4, -0.2) is 125 Å².